The molecule has 0 aromatic heterocycles. The summed E-state index contributed by atoms with van der Waals surface area (Å²) in [6.07, 6.45) is 15.2. The predicted molar refractivity (Wildman–Crippen MR) is 71.5 cm³/mol. The van der Waals surface area contributed by atoms with E-state index in [1.54, 1.807) is 38.5 Å². The number of hydrogen-bond donors (Lipinski definition) is 0. The quantitative estimate of drug-likeness (QED) is 0.598. The molecular weight excluding hydrogens is 192 g/mol. The Bertz CT molecular complexity index is 180. The predicted octanol–water partition coefficient (Wildman–Crippen LogP) is 5.42. The fourth-order valence-corrected chi connectivity index (χ4v) is 4.11. The van der Waals surface area contributed by atoms with E-state index in [-0.39, 0.29) is 0 Å². The molecule has 2 fully saturated rings. The Balaban J connectivity index is 1.72. The maximum atomic E-state index is 2.44. The van der Waals surface area contributed by atoms with Crippen molar-refractivity contribution in [1.82, 2.24) is 0 Å². The highest BCUT2D eigenvalue weighted by Gasteiger charge is 2.29. The van der Waals surface area contributed by atoms with Gasteiger partial charge in [-0.15, -0.1) is 0 Å². The van der Waals surface area contributed by atoms with Crippen LogP contribution in [0.3, 0.4) is 0 Å². The van der Waals surface area contributed by atoms with Gasteiger partial charge in [-0.05, 0) is 49.4 Å². The minimum atomic E-state index is 1.02. The summed E-state index contributed by atoms with van der Waals surface area (Å²) in [4.78, 5) is 0. The van der Waals surface area contributed by atoms with Crippen LogP contribution in [0.15, 0.2) is 0 Å². The van der Waals surface area contributed by atoms with Gasteiger partial charge in [0, 0.05) is 0 Å². The lowest BCUT2D eigenvalue weighted by molar-refractivity contribution is 0.147. The first-order valence-corrected chi connectivity index (χ1v) is 7.79. The fourth-order valence-electron chi connectivity index (χ4n) is 4.11. The molecule has 0 unspecified atom stereocenters. The summed E-state index contributed by atoms with van der Waals surface area (Å²) < 4.78 is 0. The molecule has 0 aromatic rings. The minimum Gasteiger partial charge on any atom is -0.0654 e. The van der Waals surface area contributed by atoms with E-state index in [9.17, 15) is 0 Å². The van der Waals surface area contributed by atoms with Crippen LogP contribution < -0.4 is 0 Å². The summed E-state index contributed by atoms with van der Waals surface area (Å²) in [5.41, 5.74) is 0. The zero-order valence-corrected chi connectivity index (χ0v) is 11.4. The van der Waals surface area contributed by atoms with Crippen molar-refractivity contribution in [3.05, 3.63) is 0 Å². The smallest absolute Gasteiger partial charge is 0.0386 e. The van der Waals surface area contributed by atoms with Gasteiger partial charge in [0.25, 0.3) is 0 Å². The molecule has 0 radical (unpaired) electrons. The van der Waals surface area contributed by atoms with Crippen molar-refractivity contribution < 1.29 is 0 Å². The standard InChI is InChI=1S/C16H30/c1-3-4-14-7-11-16(12-8-14)15-9-5-13(2)6-10-15/h13-16H,3-12H2,1-2H3/t13-,14-,15-,16-. The number of rotatable bonds is 3. The van der Waals surface area contributed by atoms with Gasteiger partial charge >= 0.3 is 0 Å². The summed E-state index contributed by atoms with van der Waals surface area (Å²) in [6, 6.07) is 0. The lowest BCUT2D eigenvalue weighted by atomic mass is 9.69. The third kappa shape index (κ3) is 3.25. The lowest BCUT2D eigenvalue weighted by Crippen LogP contribution is -2.25. The summed E-state index contributed by atoms with van der Waals surface area (Å²) in [7, 11) is 0. The van der Waals surface area contributed by atoms with E-state index in [0.29, 0.717) is 0 Å². The molecule has 0 amide bonds. The van der Waals surface area contributed by atoms with Crippen LogP contribution in [0.2, 0.25) is 0 Å². The zero-order chi connectivity index (χ0) is 11.4. The van der Waals surface area contributed by atoms with Gasteiger partial charge in [-0.2, -0.15) is 0 Å². The molecule has 0 nitrogen and oxygen atoms in total. The van der Waals surface area contributed by atoms with Gasteiger partial charge in [0.15, 0.2) is 0 Å². The minimum absolute atomic E-state index is 1.02. The molecule has 0 atom stereocenters. The molecular formula is C16H30. The first-order chi connectivity index (χ1) is 7.79. The van der Waals surface area contributed by atoms with E-state index >= 15 is 0 Å². The van der Waals surface area contributed by atoms with Gasteiger partial charge in [0.1, 0.15) is 0 Å². The summed E-state index contributed by atoms with van der Waals surface area (Å²) in [6.45, 7) is 4.78. The van der Waals surface area contributed by atoms with Crippen molar-refractivity contribution >= 4 is 0 Å². The molecule has 0 aliphatic heterocycles. The Morgan fingerprint density at radius 1 is 0.750 bits per heavy atom. The Hall–Kier alpha value is 0. The van der Waals surface area contributed by atoms with Crippen molar-refractivity contribution in [3.63, 3.8) is 0 Å². The van der Waals surface area contributed by atoms with Crippen LogP contribution in [-0.4, -0.2) is 0 Å². The van der Waals surface area contributed by atoms with Crippen molar-refractivity contribution in [2.75, 3.05) is 0 Å². The number of hydrogen-bond acceptors (Lipinski definition) is 0. The van der Waals surface area contributed by atoms with Crippen molar-refractivity contribution in [2.24, 2.45) is 23.7 Å². The monoisotopic (exact) mass is 222 g/mol. The van der Waals surface area contributed by atoms with Gasteiger partial charge in [-0.3, -0.25) is 0 Å². The van der Waals surface area contributed by atoms with Crippen molar-refractivity contribution in [1.29, 1.82) is 0 Å². The van der Waals surface area contributed by atoms with Crippen molar-refractivity contribution in [3.8, 4) is 0 Å². The molecule has 0 bridgehead atoms. The normalized spacial score (nSPS) is 40.9. The molecule has 0 spiro atoms. The second kappa shape index (κ2) is 6.07. The third-order valence-corrected chi connectivity index (χ3v) is 5.32. The molecule has 0 heterocycles. The molecule has 2 aliphatic carbocycles. The van der Waals surface area contributed by atoms with Crippen LogP contribution in [-0.2, 0) is 0 Å². The van der Waals surface area contributed by atoms with Crippen LogP contribution >= 0.6 is 0 Å². The van der Waals surface area contributed by atoms with Crippen LogP contribution in [0.5, 0.6) is 0 Å². The van der Waals surface area contributed by atoms with Crippen molar-refractivity contribution in [2.45, 2.75) is 78.1 Å². The molecule has 94 valence electrons. The lowest BCUT2D eigenvalue weighted by Gasteiger charge is -2.37. The van der Waals surface area contributed by atoms with E-state index < -0.39 is 0 Å². The second-order valence-corrected chi connectivity index (χ2v) is 6.59. The van der Waals surface area contributed by atoms with E-state index in [1.807, 2.05) is 0 Å². The highest BCUT2D eigenvalue weighted by molar-refractivity contribution is 4.81. The first-order valence-electron chi connectivity index (χ1n) is 7.79. The molecule has 0 saturated heterocycles. The fraction of sp³-hybridized carbons (Fsp3) is 1.00. The third-order valence-electron chi connectivity index (χ3n) is 5.32. The van der Waals surface area contributed by atoms with Crippen LogP contribution in [0.4, 0.5) is 0 Å². The van der Waals surface area contributed by atoms with Gasteiger partial charge in [-0.1, -0.05) is 52.4 Å². The average molecular weight is 222 g/mol. The molecule has 16 heavy (non-hydrogen) atoms. The van der Waals surface area contributed by atoms with E-state index in [1.165, 1.54) is 25.7 Å². The van der Waals surface area contributed by atoms with Gasteiger partial charge < -0.3 is 0 Å². The molecule has 2 rings (SSSR count). The zero-order valence-electron chi connectivity index (χ0n) is 11.4. The van der Waals surface area contributed by atoms with Gasteiger partial charge in [0.05, 0.1) is 0 Å². The SMILES string of the molecule is CCC[C@H]1CC[C@H]([C@H]2CC[C@H](C)CC2)CC1. The Morgan fingerprint density at radius 2 is 1.25 bits per heavy atom. The Kier molecular flexibility index (Phi) is 4.73. The summed E-state index contributed by atoms with van der Waals surface area (Å²) >= 11 is 0. The molecule has 0 N–H and O–H groups in total. The molecule has 2 aliphatic rings. The summed E-state index contributed by atoms with van der Waals surface area (Å²) in [5, 5.41) is 0. The highest BCUT2D eigenvalue weighted by atomic mass is 14.3. The Labute approximate surface area is 102 Å². The Morgan fingerprint density at radius 3 is 1.75 bits per heavy atom. The topological polar surface area (TPSA) is 0 Å². The summed E-state index contributed by atoms with van der Waals surface area (Å²) in [5.74, 6) is 4.33. The van der Waals surface area contributed by atoms with Crippen LogP contribution in [0.25, 0.3) is 0 Å². The molecule has 0 heteroatoms. The van der Waals surface area contributed by atoms with Crippen LogP contribution in [0.1, 0.15) is 78.1 Å². The first kappa shape index (κ1) is 12.5. The van der Waals surface area contributed by atoms with E-state index in [4.69, 9.17) is 0 Å². The largest absolute Gasteiger partial charge is 0.0654 e. The maximum absolute atomic E-state index is 2.44. The van der Waals surface area contributed by atoms with Gasteiger partial charge in [0.2, 0.25) is 0 Å². The second-order valence-electron chi connectivity index (χ2n) is 6.59. The van der Waals surface area contributed by atoms with Gasteiger partial charge in [-0.25, -0.2) is 0 Å². The van der Waals surface area contributed by atoms with Crippen LogP contribution in [0, 0.1) is 23.7 Å². The molecule has 0 aromatic carbocycles. The molecule has 2 saturated carbocycles. The average Bonchev–Trinajstić information content (AvgIpc) is 2.32. The van der Waals surface area contributed by atoms with E-state index in [0.717, 1.165) is 23.7 Å². The van der Waals surface area contributed by atoms with E-state index in [2.05, 4.69) is 13.8 Å². The maximum Gasteiger partial charge on any atom is -0.0386 e. The highest BCUT2D eigenvalue weighted by Crippen LogP contribution is 2.41.